The van der Waals surface area contributed by atoms with Gasteiger partial charge in [0.1, 0.15) is 11.5 Å². The van der Waals surface area contributed by atoms with Gasteiger partial charge in [0, 0.05) is 0 Å². The second kappa shape index (κ2) is 24.0. The molecule has 68 heavy (non-hydrogen) atoms. The van der Waals surface area contributed by atoms with Gasteiger partial charge in [0.15, 0.2) is 0 Å². The fourth-order valence-corrected chi connectivity index (χ4v) is 8.66. The second-order valence-corrected chi connectivity index (χ2v) is 19.3. The van der Waals surface area contributed by atoms with Crippen LogP contribution in [-0.2, 0) is 34.2 Å². The summed E-state index contributed by atoms with van der Waals surface area (Å²) in [6.07, 6.45) is 0. The number of hydrogen-bond donors (Lipinski definition) is 2. The first-order valence-electron chi connectivity index (χ1n) is 22.6. The zero-order valence-electron chi connectivity index (χ0n) is 42.2. The molecule has 348 valence electrons. The number of hydrogen-bond acceptors (Lipinski definition) is 2. The van der Waals surface area contributed by atoms with Crippen LogP contribution in [0.25, 0.3) is 65.3 Å². The van der Waals surface area contributed by atoms with Crippen LogP contribution in [0.2, 0.25) is 0 Å². The minimum absolute atomic E-state index is 0. The van der Waals surface area contributed by atoms with E-state index in [-0.39, 0.29) is 25.7 Å². The molecule has 0 bridgehead atoms. The molecule has 4 heteroatoms. The van der Waals surface area contributed by atoms with Crippen LogP contribution in [-0.4, -0.2) is 17.1 Å². The molecule has 2 radical (unpaired) electrons. The fourth-order valence-electron chi connectivity index (χ4n) is 8.66. The first-order chi connectivity index (χ1) is 31.5. The van der Waals surface area contributed by atoms with Crippen molar-refractivity contribution >= 4 is 50.0 Å². The molecule has 0 heterocycles. The number of phenolic OH excluding ortho intramolecular Hbond substituents is 2. The van der Waals surface area contributed by atoms with Crippen molar-refractivity contribution in [3.63, 3.8) is 0 Å². The van der Waals surface area contributed by atoms with E-state index in [2.05, 4.69) is 208 Å². The molecule has 10 aromatic carbocycles. The maximum absolute atomic E-state index is 9.57. The fraction of sp³-hybridized carbons (Fsp3) is 0.188. The van der Waals surface area contributed by atoms with Crippen molar-refractivity contribution in [3.8, 4) is 33.8 Å². The van der Waals surface area contributed by atoms with Gasteiger partial charge in [-0.2, -0.15) is 12.1 Å². The molecule has 2 N–H and O–H groups in total. The number of aromatic hydroxyl groups is 2. The Morgan fingerprint density at radius 1 is 0.382 bits per heavy atom. The summed E-state index contributed by atoms with van der Waals surface area (Å²) in [5.41, 5.74) is 12.4. The van der Waals surface area contributed by atoms with Crippen molar-refractivity contribution in [1.29, 1.82) is 0 Å². The van der Waals surface area contributed by atoms with Crippen LogP contribution in [0.4, 0.5) is 0 Å². The third-order valence-electron chi connectivity index (χ3n) is 11.9. The Balaban J connectivity index is 0.000000199. The predicted molar refractivity (Wildman–Crippen MR) is 296 cm³/mol. The van der Waals surface area contributed by atoms with Gasteiger partial charge in [-0.3, -0.25) is 0 Å². The van der Waals surface area contributed by atoms with Gasteiger partial charge in [-0.1, -0.05) is 199 Å². The van der Waals surface area contributed by atoms with Gasteiger partial charge in [-0.05, 0) is 80.6 Å². The van der Waals surface area contributed by atoms with Gasteiger partial charge in [0.05, 0.1) is 0 Å². The van der Waals surface area contributed by atoms with Gasteiger partial charge in [0.2, 0.25) is 0 Å². The Bertz CT molecular complexity index is 3000. The van der Waals surface area contributed by atoms with Crippen molar-refractivity contribution in [1.82, 2.24) is 0 Å². The Morgan fingerprint density at radius 2 is 0.691 bits per heavy atom. The van der Waals surface area contributed by atoms with E-state index in [0.29, 0.717) is 11.5 Å². The Morgan fingerprint density at radius 3 is 1.03 bits per heavy atom. The standard InChI is InChI=1S/2C20H15.2C11H16O.2CH3.Si.Zr/c2*1-14-12-16-8-5-11-19(20(16)13-14)18-10-4-7-15-6-2-3-9-17(15)18;2*1-8-5-6-10(12)9(7-8)11(2,3)4;;;;/h2*2-13H,1H3;2*5-7,12H,1-4H3;2*1H3;;/q2*-1;;;2*-1;;. The molecule has 0 saturated heterocycles. The number of fused-ring (bicyclic) bond motifs is 4. The SMILES string of the molecule is Cc1cc2c(-c3cccc4ccccc34)cccc2[cH-]1.Cc1cc2c(-c3cccc4ccccc34)cccc2[cH-]1.Cc1ccc(O)c(C(C)(C)C)c1.Cc1ccc(O)c(C(C)(C)C)c1.[CH3-].[CH3-].[Si]=[Zr]. The molecule has 0 aliphatic rings. The van der Waals surface area contributed by atoms with E-state index in [9.17, 15) is 10.2 Å². The van der Waals surface area contributed by atoms with Gasteiger partial charge >= 0.3 is 30.2 Å². The first kappa shape index (κ1) is 54.8. The number of rotatable bonds is 2. The van der Waals surface area contributed by atoms with E-state index in [4.69, 9.17) is 0 Å². The summed E-state index contributed by atoms with van der Waals surface area (Å²) in [7, 11) is 0. The average Bonchev–Trinajstić information content (AvgIpc) is 3.89. The summed E-state index contributed by atoms with van der Waals surface area (Å²) < 4.78 is 0. The molecule has 0 atom stereocenters. The van der Waals surface area contributed by atoms with Gasteiger partial charge in [-0.15, -0.1) is 69.1 Å². The van der Waals surface area contributed by atoms with Crippen LogP contribution < -0.4 is 0 Å². The van der Waals surface area contributed by atoms with E-state index >= 15 is 0 Å². The Labute approximate surface area is 424 Å². The van der Waals surface area contributed by atoms with E-state index < -0.39 is 0 Å². The zero-order valence-corrected chi connectivity index (χ0v) is 45.7. The van der Waals surface area contributed by atoms with Crippen LogP contribution in [0.15, 0.2) is 182 Å². The molecule has 0 spiro atoms. The monoisotopic (exact) mass is 986 g/mol. The van der Waals surface area contributed by atoms with Crippen molar-refractivity contribution < 1.29 is 33.5 Å². The topological polar surface area (TPSA) is 40.5 Å². The van der Waals surface area contributed by atoms with Gasteiger partial charge in [-0.25, -0.2) is 0 Å². The Kier molecular flexibility index (Phi) is 19.3. The predicted octanol–water partition coefficient (Wildman–Crippen LogP) is 17.9. The number of phenols is 2. The maximum atomic E-state index is 9.57. The van der Waals surface area contributed by atoms with Crippen LogP contribution in [0, 0.1) is 42.5 Å². The van der Waals surface area contributed by atoms with Crippen molar-refractivity contribution in [2.24, 2.45) is 0 Å². The number of aryl methyl sites for hydroxylation is 4. The van der Waals surface area contributed by atoms with E-state index in [1.807, 2.05) is 38.1 Å². The average molecular weight is 989 g/mol. The quantitative estimate of drug-likeness (QED) is 0.134. The summed E-state index contributed by atoms with van der Waals surface area (Å²) in [5, 5.41) is 29.7. The molecule has 0 aliphatic heterocycles. The number of benzene rings is 8. The summed E-state index contributed by atoms with van der Waals surface area (Å²) in [6, 6.07) is 63.9. The molecular weight excluding hydrogens is 920 g/mol. The van der Waals surface area contributed by atoms with Crippen LogP contribution >= 0.6 is 0 Å². The molecule has 0 saturated carbocycles. The van der Waals surface area contributed by atoms with Gasteiger partial charge < -0.3 is 25.1 Å². The molecule has 10 aromatic rings. The van der Waals surface area contributed by atoms with Crippen LogP contribution in [0.5, 0.6) is 11.5 Å². The minimum atomic E-state index is 0. The molecular formula is C64H68O2SiZr-4. The molecule has 0 amide bonds. The van der Waals surface area contributed by atoms with E-state index in [1.165, 1.54) is 111 Å². The molecule has 0 unspecified atom stereocenters. The van der Waals surface area contributed by atoms with Crippen molar-refractivity contribution in [2.75, 3.05) is 0 Å². The molecule has 0 aliphatic carbocycles. The third kappa shape index (κ3) is 13.2. The Hall–Kier alpha value is -5.80. The normalized spacial score (nSPS) is 10.8. The summed E-state index contributed by atoms with van der Waals surface area (Å²) in [5.74, 6) is 0.793. The second-order valence-electron chi connectivity index (χ2n) is 19.3. The van der Waals surface area contributed by atoms with Crippen LogP contribution in [0.1, 0.15) is 74.9 Å². The molecule has 0 aromatic heterocycles. The van der Waals surface area contributed by atoms with Crippen LogP contribution in [0.3, 0.4) is 0 Å². The summed E-state index contributed by atoms with van der Waals surface area (Å²) in [6.45, 7) is 24.0. The van der Waals surface area contributed by atoms with E-state index in [1.54, 1.807) is 12.1 Å². The van der Waals surface area contributed by atoms with Crippen molar-refractivity contribution in [3.05, 3.63) is 230 Å². The molecule has 10 rings (SSSR count). The first-order valence-corrected chi connectivity index (χ1v) is 26.8. The summed E-state index contributed by atoms with van der Waals surface area (Å²) >= 11 is 1.36. The zero-order chi connectivity index (χ0) is 47.8. The third-order valence-corrected chi connectivity index (χ3v) is 11.9. The van der Waals surface area contributed by atoms with E-state index in [0.717, 1.165) is 11.1 Å². The summed E-state index contributed by atoms with van der Waals surface area (Å²) in [4.78, 5) is 0. The van der Waals surface area contributed by atoms with Crippen molar-refractivity contribution in [2.45, 2.75) is 80.1 Å². The molecule has 0 fully saturated rings. The molecule has 2 nitrogen and oxygen atoms in total. The van der Waals surface area contributed by atoms with Gasteiger partial charge in [0.25, 0.3) is 0 Å².